The predicted octanol–water partition coefficient (Wildman–Crippen LogP) is 2.65. The smallest absolute Gasteiger partial charge is 0.161 e. The minimum Gasteiger partial charge on any atom is -0.493 e. The molecule has 0 amide bonds. The number of hydrogen-bond acceptors (Lipinski definition) is 4. The van der Waals surface area contributed by atoms with Crippen LogP contribution in [0.3, 0.4) is 0 Å². The van der Waals surface area contributed by atoms with E-state index >= 15 is 0 Å². The highest BCUT2D eigenvalue weighted by molar-refractivity contribution is 5.43. The van der Waals surface area contributed by atoms with E-state index in [1.165, 1.54) is 0 Å². The van der Waals surface area contributed by atoms with Crippen molar-refractivity contribution < 1.29 is 14.2 Å². The zero-order valence-electron chi connectivity index (χ0n) is 12.2. The lowest BCUT2D eigenvalue weighted by Crippen LogP contribution is -2.10. The second-order valence-electron chi connectivity index (χ2n) is 4.53. The third-order valence-corrected chi connectivity index (χ3v) is 3.01. The lowest BCUT2D eigenvalue weighted by atomic mass is 10.1. The highest BCUT2D eigenvalue weighted by Crippen LogP contribution is 2.28. The fraction of sp³-hybridized carbons (Fsp3) is 0.294. The Kier molecular flexibility index (Phi) is 5.91. The van der Waals surface area contributed by atoms with Crippen molar-refractivity contribution in [2.24, 2.45) is 5.73 Å². The van der Waals surface area contributed by atoms with Gasteiger partial charge in [-0.25, -0.2) is 0 Å². The van der Waals surface area contributed by atoms with Gasteiger partial charge >= 0.3 is 0 Å². The summed E-state index contributed by atoms with van der Waals surface area (Å²) in [5.74, 6) is 2.28. The second-order valence-corrected chi connectivity index (χ2v) is 4.53. The molecule has 0 heterocycles. The van der Waals surface area contributed by atoms with Crippen molar-refractivity contribution in [3.8, 4) is 17.2 Å². The van der Waals surface area contributed by atoms with Crippen molar-refractivity contribution in [2.75, 3.05) is 26.9 Å². The predicted molar refractivity (Wildman–Crippen MR) is 83.2 cm³/mol. The van der Waals surface area contributed by atoms with Gasteiger partial charge in [0.05, 0.1) is 7.11 Å². The highest BCUT2D eigenvalue weighted by Gasteiger charge is 2.05. The minimum absolute atomic E-state index is 0.456. The molecule has 0 radical (unpaired) electrons. The maximum atomic E-state index is 5.75. The van der Waals surface area contributed by atoms with Gasteiger partial charge in [0.15, 0.2) is 11.5 Å². The van der Waals surface area contributed by atoms with E-state index < -0.39 is 0 Å². The zero-order valence-corrected chi connectivity index (χ0v) is 12.2. The number of benzene rings is 2. The molecule has 4 heteroatoms. The second kappa shape index (κ2) is 8.17. The van der Waals surface area contributed by atoms with Gasteiger partial charge in [-0.15, -0.1) is 0 Å². The first-order valence-corrected chi connectivity index (χ1v) is 7.01. The molecule has 0 atom stereocenters. The molecule has 0 spiro atoms. The Morgan fingerprint density at radius 2 is 1.67 bits per heavy atom. The Balaban J connectivity index is 1.88. The van der Waals surface area contributed by atoms with E-state index in [-0.39, 0.29) is 0 Å². The molecule has 0 saturated carbocycles. The third-order valence-electron chi connectivity index (χ3n) is 3.01. The Morgan fingerprint density at radius 1 is 0.905 bits per heavy atom. The highest BCUT2D eigenvalue weighted by atomic mass is 16.5. The summed E-state index contributed by atoms with van der Waals surface area (Å²) in [6, 6.07) is 15.5. The third kappa shape index (κ3) is 4.68. The number of para-hydroxylation sites is 1. The van der Waals surface area contributed by atoms with Crippen LogP contribution in [0.2, 0.25) is 0 Å². The van der Waals surface area contributed by atoms with Crippen molar-refractivity contribution in [3.05, 3.63) is 54.1 Å². The molecule has 2 N–H and O–H groups in total. The molecule has 0 unspecified atom stereocenters. The Morgan fingerprint density at radius 3 is 2.38 bits per heavy atom. The van der Waals surface area contributed by atoms with Gasteiger partial charge in [0.25, 0.3) is 0 Å². The van der Waals surface area contributed by atoms with Crippen LogP contribution in [0.1, 0.15) is 5.56 Å². The molecule has 4 nitrogen and oxygen atoms in total. The SMILES string of the molecule is COc1ccc(CCN)cc1OCCOc1ccccc1. The first kappa shape index (κ1) is 15.2. The normalized spacial score (nSPS) is 10.2. The van der Waals surface area contributed by atoms with E-state index in [9.17, 15) is 0 Å². The molecule has 2 aromatic carbocycles. The average Bonchev–Trinajstić information content (AvgIpc) is 2.53. The van der Waals surface area contributed by atoms with Gasteiger partial charge < -0.3 is 19.9 Å². The maximum Gasteiger partial charge on any atom is 0.161 e. The van der Waals surface area contributed by atoms with Crippen LogP contribution in [-0.2, 0) is 6.42 Å². The summed E-state index contributed by atoms with van der Waals surface area (Å²) in [5, 5.41) is 0. The van der Waals surface area contributed by atoms with Crippen molar-refractivity contribution >= 4 is 0 Å². The topological polar surface area (TPSA) is 53.7 Å². The van der Waals surface area contributed by atoms with Crippen LogP contribution in [0.15, 0.2) is 48.5 Å². The molecular weight excluding hydrogens is 266 g/mol. The Hall–Kier alpha value is -2.20. The molecule has 0 aliphatic carbocycles. The number of ether oxygens (including phenoxy) is 3. The van der Waals surface area contributed by atoms with Gasteiger partial charge in [-0.1, -0.05) is 24.3 Å². The molecule has 0 fully saturated rings. The van der Waals surface area contributed by atoms with Crippen molar-refractivity contribution in [1.82, 2.24) is 0 Å². The summed E-state index contributed by atoms with van der Waals surface area (Å²) < 4.78 is 16.6. The summed E-state index contributed by atoms with van der Waals surface area (Å²) in [6.45, 7) is 1.55. The lowest BCUT2D eigenvalue weighted by Gasteiger charge is -2.12. The van der Waals surface area contributed by atoms with E-state index in [1.54, 1.807) is 7.11 Å². The van der Waals surface area contributed by atoms with Crippen molar-refractivity contribution in [1.29, 1.82) is 0 Å². The van der Waals surface area contributed by atoms with Gasteiger partial charge in [-0.05, 0) is 42.8 Å². The molecule has 0 saturated heterocycles. The Labute approximate surface area is 125 Å². The van der Waals surface area contributed by atoms with Crippen LogP contribution in [0.25, 0.3) is 0 Å². The van der Waals surface area contributed by atoms with Crippen LogP contribution >= 0.6 is 0 Å². The van der Waals surface area contributed by atoms with Crippen molar-refractivity contribution in [3.63, 3.8) is 0 Å². The molecule has 2 rings (SSSR count). The van der Waals surface area contributed by atoms with Crippen molar-refractivity contribution in [2.45, 2.75) is 6.42 Å². The average molecular weight is 287 g/mol. The molecule has 112 valence electrons. The first-order valence-electron chi connectivity index (χ1n) is 7.01. The zero-order chi connectivity index (χ0) is 14.9. The van der Waals surface area contributed by atoms with Gasteiger partial charge in [0.2, 0.25) is 0 Å². The lowest BCUT2D eigenvalue weighted by molar-refractivity contribution is 0.211. The number of rotatable bonds is 8. The number of methoxy groups -OCH3 is 1. The fourth-order valence-electron chi connectivity index (χ4n) is 1.98. The molecule has 0 bridgehead atoms. The van der Waals surface area contributed by atoms with E-state index in [2.05, 4.69) is 0 Å². The molecular formula is C17H21NO3. The molecule has 0 aromatic heterocycles. The molecule has 0 aliphatic rings. The van der Waals surface area contributed by atoms with Crippen LogP contribution in [0.4, 0.5) is 0 Å². The van der Waals surface area contributed by atoms with Crippen LogP contribution in [-0.4, -0.2) is 26.9 Å². The fourth-order valence-corrected chi connectivity index (χ4v) is 1.98. The largest absolute Gasteiger partial charge is 0.493 e. The molecule has 2 aromatic rings. The van der Waals surface area contributed by atoms with Gasteiger partial charge in [0.1, 0.15) is 19.0 Å². The monoisotopic (exact) mass is 287 g/mol. The van der Waals surface area contributed by atoms with Crippen LogP contribution in [0.5, 0.6) is 17.2 Å². The van der Waals surface area contributed by atoms with E-state index in [0.29, 0.717) is 19.8 Å². The summed E-state index contributed by atoms with van der Waals surface area (Å²) in [4.78, 5) is 0. The first-order chi connectivity index (χ1) is 10.3. The summed E-state index contributed by atoms with van der Waals surface area (Å²) >= 11 is 0. The summed E-state index contributed by atoms with van der Waals surface area (Å²) in [7, 11) is 1.63. The van der Waals surface area contributed by atoms with E-state index in [0.717, 1.165) is 29.2 Å². The Bertz CT molecular complexity index is 543. The molecule has 0 aliphatic heterocycles. The van der Waals surface area contributed by atoms with E-state index in [4.69, 9.17) is 19.9 Å². The standard InChI is InChI=1S/C17H21NO3/c1-19-16-8-7-14(9-10-18)13-17(16)21-12-11-20-15-5-3-2-4-6-15/h2-8,13H,9-12,18H2,1H3. The summed E-state index contributed by atoms with van der Waals surface area (Å²) in [6.07, 6.45) is 0.820. The quantitative estimate of drug-likeness (QED) is 0.758. The van der Waals surface area contributed by atoms with Gasteiger partial charge in [0, 0.05) is 0 Å². The number of hydrogen-bond donors (Lipinski definition) is 1. The number of nitrogens with two attached hydrogens (primary N) is 1. The van der Waals surface area contributed by atoms with Gasteiger partial charge in [-0.3, -0.25) is 0 Å². The van der Waals surface area contributed by atoms with Crippen LogP contribution < -0.4 is 19.9 Å². The maximum absolute atomic E-state index is 5.75. The minimum atomic E-state index is 0.456. The van der Waals surface area contributed by atoms with E-state index in [1.807, 2.05) is 48.5 Å². The van der Waals surface area contributed by atoms with Gasteiger partial charge in [-0.2, -0.15) is 0 Å². The molecule has 21 heavy (non-hydrogen) atoms. The summed E-state index contributed by atoms with van der Waals surface area (Å²) in [5.41, 5.74) is 6.71. The van der Waals surface area contributed by atoms with Crippen LogP contribution in [0, 0.1) is 0 Å².